The lowest BCUT2D eigenvalue weighted by molar-refractivity contribution is -0.139. The number of hydrogen-bond donors (Lipinski definition) is 3. The molecular weight excluding hydrogens is 535 g/mol. The second-order valence-corrected chi connectivity index (χ2v) is 10.6. The maximum absolute atomic E-state index is 13.4. The van der Waals surface area contributed by atoms with Crippen molar-refractivity contribution < 1.29 is 29.1 Å². The number of carbonyl (C=O) groups excluding carboxylic acids is 2. The maximum atomic E-state index is 13.4. The molecule has 0 saturated carbocycles. The normalized spacial score (nSPS) is 15.4. The summed E-state index contributed by atoms with van der Waals surface area (Å²) in [6, 6.07) is 18.9. The van der Waals surface area contributed by atoms with Crippen LogP contribution in [0.25, 0.3) is 0 Å². The van der Waals surface area contributed by atoms with E-state index < -0.39 is 25.1 Å². The number of carbonyl (C=O) groups is 2. The Morgan fingerprint density at radius 1 is 1.10 bits per heavy atom. The predicted octanol–water partition coefficient (Wildman–Crippen LogP) is 2.80. The molecule has 1 fully saturated rings. The summed E-state index contributed by atoms with van der Waals surface area (Å²) in [5.41, 5.74) is 2.85. The first kappa shape index (κ1) is 32.6. The Bertz CT molecular complexity index is 1260. The first-order chi connectivity index (χ1) is 20.2. The molecule has 1 saturated heterocycles. The van der Waals surface area contributed by atoms with Gasteiger partial charge in [-0.3, -0.25) is 4.79 Å². The number of rotatable bonds is 13. The molecule has 3 rings (SSSR count). The lowest BCUT2D eigenvalue weighted by atomic mass is 9.76. The van der Waals surface area contributed by atoms with Crippen LogP contribution in [-0.2, 0) is 33.5 Å². The molecule has 2 aromatic carbocycles. The van der Waals surface area contributed by atoms with Gasteiger partial charge in [-0.2, -0.15) is 10.5 Å². The van der Waals surface area contributed by atoms with Crippen LogP contribution >= 0.6 is 0 Å². The van der Waals surface area contributed by atoms with Crippen molar-refractivity contribution in [3.8, 4) is 12.1 Å². The molecule has 0 aliphatic carbocycles. The van der Waals surface area contributed by atoms with E-state index in [1.807, 2.05) is 50.2 Å². The van der Waals surface area contributed by atoms with Gasteiger partial charge in [0.25, 0.3) is 0 Å². The number of ether oxygens (including phenoxy) is 2. The van der Waals surface area contributed by atoms with E-state index in [-0.39, 0.29) is 30.9 Å². The Morgan fingerprint density at radius 3 is 2.40 bits per heavy atom. The molecule has 3 atom stereocenters. The minimum Gasteiger partial charge on any atom is -0.449 e. The Kier molecular flexibility index (Phi) is 12.8. The van der Waals surface area contributed by atoms with Crippen molar-refractivity contribution in [3.63, 3.8) is 0 Å². The van der Waals surface area contributed by atoms with E-state index >= 15 is 0 Å². The van der Waals surface area contributed by atoms with Crippen LogP contribution in [0.5, 0.6) is 0 Å². The van der Waals surface area contributed by atoms with Crippen molar-refractivity contribution in [2.24, 2.45) is 11.8 Å². The SMILES string of the molecule is CCN(C(=O)C(C#N)C(C)Cc1cc(C#N)cc(CCOC(=O)N[C@@H](Cc2ccccc2)B(O)O)c1)C1CCOCC1. The molecule has 1 aliphatic rings. The molecule has 42 heavy (non-hydrogen) atoms. The lowest BCUT2D eigenvalue weighted by Gasteiger charge is -2.35. The summed E-state index contributed by atoms with van der Waals surface area (Å²) in [6.07, 6.45) is 1.70. The molecule has 222 valence electrons. The molecule has 1 aliphatic heterocycles. The van der Waals surface area contributed by atoms with Crippen molar-refractivity contribution in [2.45, 2.75) is 57.9 Å². The van der Waals surface area contributed by atoms with Gasteiger partial charge in [0.1, 0.15) is 5.92 Å². The van der Waals surface area contributed by atoms with Gasteiger partial charge in [-0.25, -0.2) is 4.79 Å². The number of hydrogen-bond acceptors (Lipinski definition) is 8. The number of nitrogens with zero attached hydrogens (tertiary/aromatic N) is 3. The van der Waals surface area contributed by atoms with Crippen LogP contribution in [0.3, 0.4) is 0 Å². The van der Waals surface area contributed by atoms with Crippen LogP contribution in [0, 0.1) is 34.5 Å². The second kappa shape index (κ2) is 16.5. The van der Waals surface area contributed by atoms with Gasteiger partial charge < -0.3 is 29.7 Å². The molecular formula is C31H39BN4O6. The van der Waals surface area contributed by atoms with Crippen LogP contribution in [-0.4, -0.2) is 72.4 Å². The highest BCUT2D eigenvalue weighted by molar-refractivity contribution is 6.43. The lowest BCUT2D eigenvalue weighted by Crippen LogP contribution is -2.48. The minimum absolute atomic E-state index is 0.00512. The van der Waals surface area contributed by atoms with E-state index in [1.54, 1.807) is 17.0 Å². The molecule has 2 aromatic rings. The zero-order chi connectivity index (χ0) is 30.5. The standard InChI is InChI=1S/C31H39BN4O6/c1-3-36(27-10-12-41-13-11-27)30(37)28(21-34)22(2)15-25-16-24(17-26(18-25)20-33)9-14-42-31(38)35-29(32(39)40)19-23-7-5-4-6-8-23/h4-8,16-18,22,27-29,39-40H,3,9-15,19H2,1-2H3,(H,35,38)/t22?,28?,29-/m0/s1. The van der Waals surface area contributed by atoms with E-state index in [0.29, 0.717) is 38.2 Å². The Balaban J connectivity index is 1.59. The summed E-state index contributed by atoms with van der Waals surface area (Å²) >= 11 is 0. The molecule has 3 N–H and O–H groups in total. The number of alkyl carbamates (subject to hydrolysis) is 1. The van der Waals surface area contributed by atoms with Gasteiger partial charge >= 0.3 is 13.2 Å². The van der Waals surface area contributed by atoms with Crippen molar-refractivity contribution >= 4 is 19.1 Å². The van der Waals surface area contributed by atoms with Crippen molar-refractivity contribution in [3.05, 3.63) is 70.8 Å². The minimum atomic E-state index is -1.76. The molecule has 1 heterocycles. The first-order valence-corrected chi connectivity index (χ1v) is 14.4. The summed E-state index contributed by atoms with van der Waals surface area (Å²) < 4.78 is 10.7. The van der Waals surface area contributed by atoms with E-state index in [9.17, 15) is 30.2 Å². The van der Waals surface area contributed by atoms with Crippen molar-refractivity contribution in [1.29, 1.82) is 10.5 Å². The third-order valence-electron chi connectivity index (χ3n) is 7.55. The van der Waals surface area contributed by atoms with Gasteiger partial charge in [-0.05, 0) is 67.3 Å². The van der Waals surface area contributed by atoms with Crippen LogP contribution in [0.2, 0.25) is 0 Å². The highest BCUT2D eigenvalue weighted by Crippen LogP contribution is 2.24. The largest absolute Gasteiger partial charge is 0.475 e. The molecule has 0 bridgehead atoms. The highest BCUT2D eigenvalue weighted by Gasteiger charge is 2.33. The third-order valence-corrected chi connectivity index (χ3v) is 7.55. The average Bonchev–Trinajstić information content (AvgIpc) is 2.98. The summed E-state index contributed by atoms with van der Waals surface area (Å²) in [5, 5.41) is 41.4. The maximum Gasteiger partial charge on any atom is 0.475 e. The molecule has 0 aromatic heterocycles. The Hall–Kier alpha value is -3.90. The fourth-order valence-corrected chi connectivity index (χ4v) is 5.33. The van der Waals surface area contributed by atoms with Crippen molar-refractivity contribution in [2.75, 3.05) is 26.4 Å². The summed E-state index contributed by atoms with van der Waals surface area (Å²) in [7, 11) is -1.76. The monoisotopic (exact) mass is 574 g/mol. The van der Waals surface area contributed by atoms with Gasteiger partial charge in [0.15, 0.2) is 0 Å². The van der Waals surface area contributed by atoms with E-state index in [4.69, 9.17) is 9.47 Å². The predicted molar refractivity (Wildman–Crippen MR) is 157 cm³/mol. The molecule has 0 spiro atoms. The number of nitrogens with one attached hydrogen (secondary N) is 1. The van der Waals surface area contributed by atoms with E-state index in [0.717, 1.165) is 29.5 Å². The highest BCUT2D eigenvalue weighted by atomic mass is 16.5. The first-order valence-electron chi connectivity index (χ1n) is 14.4. The van der Waals surface area contributed by atoms with Gasteiger partial charge in [-0.1, -0.05) is 43.3 Å². The van der Waals surface area contributed by atoms with Gasteiger partial charge in [-0.15, -0.1) is 0 Å². The molecule has 0 radical (unpaired) electrons. The van der Waals surface area contributed by atoms with E-state index in [1.165, 1.54) is 0 Å². The zero-order valence-corrected chi connectivity index (χ0v) is 24.2. The molecule has 2 unspecified atom stereocenters. The molecule has 10 nitrogen and oxygen atoms in total. The van der Waals surface area contributed by atoms with Crippen LogP contribution < -0.4 is 5.32 Å². The van der Waals surface area contributed by atoms with Crippen LogP contribution in [0.15, 0.2) is 48.5 Å². The number of nitriles is 2. The quantitative estimate of drug-likeness (QED) is 0.309. The van der Waals surface area contributed by atoms with Crippen LogP contribution in [0.1, 0.15) is 48.9 Å². The topological polar surface area (TPSA) is 156 Å². The molecule has 2 amide bonds. The summed E-state index contributed by atoms with van der Waals surface area (Å²) in [6.45, 7) is 5.54. The smallest absolute Gasteiger partial charge is 0.449 e. The van der Waals surface area contributed by atoms with E-state index in [2.05, 4.69) is 17.5 Å². The van der Waals surface area contributed by atoms with Gasteiger partial charge in [0.2, 0.25) is 5.91 Å². The Morgan fingerprint density at radius 2 is 1.79 bits per heavy atom. The fourth-order valence-electron chi connectivity index (χ4n) is 5.33. The second-order valence-electron chi connectivity index (χ2n) is 10.6. The van der Waals surface area contributed by atoms with Gasteiger partial charge in [0.05, 0.1) is 30.2 Å². The average molecular weight is 574 g/mol. The molecule has 11 heteroatoms. The fraction of sp³-hybridized carbons (Fsp3) is 0.484. The van der Waals surface area contributed by atoms with Crippen molar-refractivity contribution in [1.82, 2.24) is 10.2 Å². The number of benzene rings is 2. The summed E-state index contributed by atoms with van der Waals surface area (Å²) in [5.74, 6) is -2.22. The number of amides is 2. The summed E-state index contributed by atoms with van der Waals surface area (Å²) in [4.78, 5) is 27.5. The zero-order valence-electron chi connectivity index (χ0n) is 24.2. The van der Waals surface area contributed by atoms with Crippen LogP contribution in [0.4, 0.5) is 4.79 Å². The Labute approximate surface area is 248 Å². The third kappa shape index (κ3) is 9.59. The van der Waals surface area contributed by atoms with Gasteiger partial charge in [0, 0.05) is 32.2 Å².